The summed E-state index contributed by atoms with van der Waals surface area (Å²) in [5.74, 6) is 2.66. The van der Waals surface area contributed by atoms with E-state index in [1.807, 2.05) is 85.3 Å². The number of aryl methyl sites for hydroxylation is 1. The van der Waals surface area contributed by atoms with Gasteiger partial charge in [-0.1, -0.05) is 24.3 Å². The lowest BCUT2D eigenvalue weighted by Crippen LogP contribution is -2.24. The second kappa shape index (κ2) is 23.2. The van der Waals surface area contributed by atoms with Crippen LogP contribution < -0.4 is 35.3 Å². The molecule has 0 radical (unpaired) electrons. The number of Topliss-reactive ketones (excluding diaryl/α,β-unsaturated/α-hetero) is 1. The first kappa shape index (κ1) is 47.7. The molecule has 0 saturated carbocycles. The van der Waals surface area contributed by atoms with Crippen LogP contribution in [0.2, 0.25) is 5.28 Å². The number of ketones is 1. The van der Waals surface area contributed by atoms with Gasteiger partial charge in [-0.25, -0.2) is 19.9 Å². The predicted octanol–water partition coefficient (Wildman–Crippen LogP) is 9.49. The van der Waals surface area contributed by atoms with Crippen molar-refractivity contribution in [3.8, 4) is 23.0 Å². The van der Waals surface area contributed by atoms with E-state index in [-0.39, 0.29) is 34.8 Å². The lowest BCUT2D eigenvalue weighted by Gasteiger charge is -2.14. The number of amides is 1. The van der Waals surface area contributed by atoms with Crippen LogP contribution in [0.5, 0.6) is 23.0 Å². The Hall–Kier alpha value is -6.79. The van der Waals surface area contributed by atoms with Crippen LogP contribution in [0.3, 0.4) is 0 Å². The first-order valence-corrected chi connectivity index (χ1v) is 22.4. The molecule has 0 saturated heterocycles. The van der Waals surface area contributed by atoms with Crippen molar-refractivity contribution in [3.63, 3.8) is 0 Å². The van der Waals surface area contributed by atoms with Gasteiger partial charge in [0.05, 0.1) is 54.9 Å². The van der Waals surface area contributed by atoms with Gasteiger partial charge in [0, 0.05) is 43.8 Å². The molecule has 6 aromatic heterocycles. The Balaban J connectivity index is 0.000000186. The number of thiophene rings is 2. The quantitative estimate of drug-likeness (QED) is 0.0649. The third-order valence-electron chi connectivity index (χ3n) is 9.79. The molecule has 0 aliphatic rings. The number of aromatic nitrogens is 6. The number of methoxy groups -OCH3 is 4. The fourth-order valence-electron chi connectivity index (χ4n) is 6.33. The average molecular weight is 935 g/mol. The number of ether oxygens (including phenoxy) is 4. The molecule has 0 unspecified atom stereocenters. The van der Waals surface area contributed by atoms with Crippen LogP contribution in [0.15, 0.2) is 108 Å². The number of nitrogens with one attached hydrogen (secondary N) is 2. The highest BCUT2D eigenvalue weighted by Crippen LogP contribution is 2.31. The summed E-state index contributed by atoms with van der Waals surface area (Å²) in [6.45, 7) is 4.28. The molecule has 8 aromatic rings. The summed E-state index contributed by atoms with van der Waals surface area (Å²) in [5, 5.41) is 9.96. The molecule has 0 fully saturated rings. The van der Waals surface area contributed by atoms with Gasteiger partial charge in [-0.15, -0.1) is 22.7 Å². The van der Waals surface area contributed by atoms with Gasteiger partial charge in [0.1, 0.15) is 5.69 Å². The van der Waals surface area contributed by atoms with Gasteiger partial charge in [0.25, 0.3) is 5.91 Å². The number of pyridine rings is 2. The Labute approximate surface area is 389 Å². The number of benzene rings is 2. The van der Waals surface area contributed by atoms with E-state index in [2.05, 4.69) is 40.5 Å². The van der Waals surface area contributed by atoms with E-state index < -0.39 is 0 Å². The van der Waals surface area contributed by atoms with E-state index in [1.165, 1.54) is 22.7 Å². The lowest BCUT2D eigenvalue weighted by molar-refractivity contribution is 0.0946. The van der Waals surface area contributed by atoms with Crippen LogP contribution in [0, 0.1) is 0 Å². The molecule has 0 bridgehead atoms. The number of hydrogen-bond acceptors (Lipinski definition) is 16. The van der Waals surface area contributed by atoms with E-state index in [4.69, 9.17) is 36.3 Å². The highest BCUT2D eigenvalue weighted by atomic mass is 35.5. The van der Waals surface area contributed by atoms with Crippen molar-refractivity contribution < 1.29 is 28.5 Å². The summed E-state index contributed by atoms with van der Waals surface area (Å²) in [5.41, 5.74) is 11.7. The molecule has 6 heterocycles. The monoisotopic (exact) mass is 933 g/mol. The summed E-state index contributed by atoms with van der Waals surface area (Å²) >= 11 is 8.77. The molecule has 4 N–H and O–H groups in total. The number of anilines is 1. The Bertz CT molecular complexity index is 2830. The average Bonchev–Trinajstić information content (AvgIpc) is 4.03. The second-order valence-electron chi connectivity index (χ2n) is 14.2. The van der Waals surface area contributed by atoms with Crippen LogP contribution in [0.1, 0.15) is 75.6 Å². The van der Waals surface area contributed by atoms with E-state index >= 15 is 0 Å². The van der Waals surface area contributed by atoms with Crippen molar-refractivity contribution in [2.45, 2.75) is 45.3 Å². The number of halogens is 1. The number of nitrogens with two attached hydrogens (primary N) is 1. The summed E-state index contributed by atoms with van der Waals surface area (Å²) < 4.78 is 22.6. The number of nitrogens with zero attached hydrogens (tertiary/aromatic N) is 6. The lowest BCUT2D eigenvalue weighted by atomic mass is 10.1. The van der Waals surface area contributed by atoms with Crippen LogP contribution in [-0.2, 0) is 13.0 Å². The third kappa shape index (κ3) is 12.7. The van der Waals surface area contributed by atoms with E-state index in [9.17, 15) is 9.59 Å². The molecule has 1 amide bonds. The van der Waals surface area contributed by atoms with Crippen molar-refractivity contribution in [1.82, 2.24) is 35.2 Å². The van der Waals surface area contributed by atoms with Crippen molar-refractivity contribution in [3.05, 3.63) is 147 Å². The first-order valence-electron chi connectivity index (χ1n) is 20.2. The van der Waals surface area contributed by atoms with Crippen LogP contribution >= 0.6 is 34.3 Å². The van der Waals surface area contributed by atoms with Crippen molar-refractivity contribution in [2.75, 3.05) is 33.8 Å². The fraction of sp³-hybridized carbons (Fsp3) is 0.234. The largest absolute Gasteiger partial charge is 0.493 e. The number of carbonyl (C=O) groups excluding carboxylic acids is 2. The molecule has 0 aliphatic carbocycles. The minimum atomic E-state index is -0.304. The zero-order chi connectivity index (χ0) is 46.3. The van der Waals surface area contributed by atoms with Crippen LogP contribution in [0.4, 0.5) is 5.95 Å². The summed E-state index contributed by atoms with van der Waals surface area (Å²) in [4.78, 5) is 51.0. The Morgan fingerprint density at radius 1 is 0.692 bits per heavy atom. The second-order valence-corrected chi connectivity index (χ2v) is 16.4. The van der Waals surface area contributed by atoms with Gasteiger partial charge in [0.2, 0.25) is 11.2 Å². The van der Waals surface area contributed by atoms with E-state index in [0.717, 1.165) is 32.5 Å². The number of fused-ring (bicyclic) bond motifs is 2. The molecule has 65 heavy (non-hydrogen) atoms. The van der Waals surface area contributed by atoms with Gasteiger partial charge in [0.15, 0.2) is 34.5 Å². The number of carbonyl (C=O) groups is 2. The number of rotatable bonds is 15. The zero-order valence-corrected chi connectivity index (χ0v) is 39.0. The maximum atomic E-state index is 13.1. The molecule has 18 heteroatoms. The Morgan fingerprint density at radius 2 is 1.26 bits per heavy atom. The van der Waals surface area contributed by atoms with Crippen LogP contribution in [-0.4, -0.2) is 70.0 Å². The third-order valence-corrected chi connectivity index (χ3v) is 11.8. The SMILES string of the molecule is COc1ccc(CCC(=O)c2nc(N[C@@H](C)c3cccnc3)nc3ccsc23)cc1OC.COc1ccc(CNC(=O)c2nc(Cl)nc3ccsc23)cc1OC.C[C@H](N)c1cccnc1. The highest BCUT2D eigenvalue weighted by Gasteiger charge is 2.19. The normalized spacial score (nSPS) is 11.6. The van der Waals surface area contributed by atoms with Crippen molar-refractivity contribution in [2.24, 2.45) is 5.73 Å². The van der Waals surface area contributed by atoms with E-state index in [1.54, 1.807) is 65.4 Å². The highest BCUT2D eigenvalue weighted by molar-refractivity contribution is 7.17. The molecule has 15 nitrogen and oxygen atoms in total. The minimum Gasteiger partial charge on any atom is -0.493 e. The van der Waals surface area contributed by atoms with Crippen LogP contribution in [0.25, 0.3) is 20.4 Å². The van der Waals surface area contributed by atoms with Gasteiger partial charge in [-0.2, -0.15) is 0 Å². The molecule has 0 spiro atoms. The molecule has 0 aliphatic heterocycles. The van der Waals surface area contributed by atoms with Gasteiger partial charge < -0.3 is 35.3 Å². The predicted molar refractivity (Wildman–Crippen MR) is 256 cm³/mol. The topological polar surface area (TPSA) is 198 Å². The Kier molecular flexibility index (Phi) is 17.0. The summed E-state index contributed by atoms with van der Waals surface area (Å²) in [7, 11) is 6.34. The number of hydrogen-bond donors (Lipinski definition) is 3. The summed E-state index contributed by atoms with van der Waals surface area (Å²) in [6.07, 6.45) is 7.97. The minimum absolute atomic E-state index is 0.0216. The smallest absolute Gasteiger partial charge is 0.271 e. The molecule has 2 aromatic carbocycles. The van der Waals surface area contributed by atoms with E-state index in [0.29, 0.717) is 64.2 Å². The van der Waals surface area contributed by atoms with Gasteiger partial charge in [-0.3, -0.25) is 19.6 Å². The molecule has 336 valence electrons. The first-order chi connectivity index (χ1) is 31.5. The summed E-state index contributed by atoms with van der Waals surface area (Å²) in [6, 6.07) is 22.6. The van der Waals surface area contributed by atoms with Crippen molar-refractivity contribution >= 4 is 72.3 Å². The molecule has 8 rings (SSSR count). The van der Waals surface area contributed by atoms with Crippen molar-refractivity contribution in [1.29, 1.82) is 0 Å². The zero-order valence-electron chi connectivity index (χ0n) is 36.6. The molecule has 2 atom stereocenters. The standard InChI is InChI=1S/C24H24N4O3S.C16H14ClN3O3S.C7H10N2/c1-15(17-5-4-11-25-14-17)26-24-27-18-10-12-32-23(18)22(28-24)19(29)8-6-16-7-9-20(30-2)21(13-16)31-3;1-22-11-4-3-9(7-12(11)23-2)8-18-15(21)13-14-10(5-6-24-14)19-16(17)20-13;1-6(8)7-3-2-4-9-5-7/h4-5,7,9-15H,6,8H2,1-3H3,(H,26,27,28);3-7H,8H2,1-2H3,(H,18,21);2-6H,8H2,1H3/t15-;;6-/m0.0/s1. The van der Waals surface area contributed by atoms with Gasteiger partial charge >= 0.3 is 0 Å². The van der Waals surface area contributed by atoms with Gasteiger partial charge in [-0.05, 0) is 113 Å². The molecular formula is C47H48ClN9O6S2. The molecular weight excluding hydrogens is 886 g/mol. The maximum absolute atomic E-state index is 13.1. The maximum Gasteiger partial charge on any atom is 0.271 e. The fourth-order valence-corrected chi connectivity index (χ4v) is 8.16. The Morgan fingerprint density at radius 3 is 1.83 bits per heavy atom.